The molecule has 5 heteroatoms. The zero-order valence-corrected chi connectivity index (χ0v) is 8.07. The van der Waals surface area contributed by atoms with Gasteiger partial charge in [-0.05, 0) is 6.42 Å². The maximum Gasteiger partial charge on any atom is 0.207 e. The van der Waals surface area contributed by atoms with Crippen LogP contribution in [0.5, 0.6) is 0 Å². The van der Waals surface area contributed by atoms with E-state index < -0.39 is 0 Å². The molecule has 2 aromatic rings. The van der Waals surface area contributed by atoms with Gasteiger partial charge in [0.2, 0.25) is 5.95 Å². The van der Waals surface area contributed by atoms with Gasteiger partial charge >= 0.3 is 0 Å². The molecule has 0 aromatic carbocycles. The number of aromatic amines is 1. The van der Waals surface area contributed by atoms with Gasteiger partial charge in [-0.15, -0.1) is 0 Å². The first-order valence-corrected chi connectivity index (χ1v) is 4.68. The highest BCUT2D eigenvalue weighted by Crippen LogP contribution is 2.11. The van der Waals surface area contributed by atoms with E-state index in [-0.39, 0.29) is 0 Å². The Morgan fingerprint density at radius 2 is 2.50 bits per heavy atom. The monoisotopic (exact) mass is 191 g/mol. The molecule has 0 aliphatic heterocycles. The molecule has 0 fully saturated rings. The van der Waals surface area contributed by atoms with Crippen molar-refractivity contribution in [2.24, 2.45) is 0 Å². The van der Waals surface area contributed by atoms with Gasteiger partial charge in [-0.1, -0.05) is 6.92 Å². The van der Waals surface area contributed by atoms with Crippen LogP contribution in [0.3, 0.4) is 0 Å². The van der Waals surface area contributed by atoms with E-state index in [9.17, 15) is 0 Å². The Labute approximate surface area is 82.2 Å². The number of hydrogen-bond donors (Lipinski definition) is 2. The minimum atomic E-state index is 0.855. The van der Waals surface area contributed by atoms with Crippen LogP contribution in [0, 0.1) is 0 Å². The van der Waals surface area contributed by atoms with E-state index in [2.05, 4.69) is 27.4 Å². The zero-order valence-electron chi connectivity index (χ0n) is 8.07. The molecule has 0 radical (unpaired) electrons. The number of nitrogens with zero attached hydrogens (tertiary/aromatic N) is 3. The molecule has 14 heavy (non-hydrogen) atoms. The summed E-state index contributed by atoms with van der Waals surface area (Å²) in [4.78, 5) is 4.22. The molecule has 2 N–H and O–H groups in total. The SMILES string of the molecule is CCCNc1nccn1-c1cn[nH]c1. The lowest BCUT2D eigenvalue weighted by Gasteiger charge is -2.05. The Morgan fingerprint density at radius 3 is 3.21 bits per heavy atom. The van der Waals surface area contributed by atoms with Gasteiger partial charge < -0.3 is 5.32 Å². The summed E-state index contributed by atoms with van der Waals surface area (Å²) in [6.45, 7) is 3.05. The summed E-state index contributed by atoms with van der Waals surface area (Å²) in [5.74, 6) is 0.855. The van der Waals surface area contributed by atoms with Crippen LogP contribution in [0.15, 0.2) is 24.8 Å². The quantitative estimate of drug-likeness (QED) is 0.768. The minimum Gasteiger partial charge on any atom is -0.355 e. The van der Waals surface area contributed by atoms with Crippen molar-refractivity contribution in [1.82, 2.24) is 19.7 Å². The summed E-state index contributed by atoms with van der Waals surface area (Å²) in [6, 6.07) is 0. The van der Waals surface area contributed by atoms with E-state index in [0.717, 1.165) is 24.6 Å². The highest BCUT2D eigenvalue weighted by Gasteiger charge is 2.03. The Balaban J connectivity index is 2.22. The van der Waals surface area contributed by atoms with Crippen LogP contribution in [0.25, 0.3) is 5.69 Å². The lowest BCUT2D eigenvalue weighted by Crippen LogP contribution is -2.06. The number of anilines is 1. The van der Waals surface area contributed by atoms with Crippen LogP contribution in [-0.2, 0) is 0 Å². The highest BCUT2D eigenvalue weighted by atomic mass is 15.2. The number of rotatable bonds is 4. The zero-order chi connectivity index (χ0) is 9.80. The van der Waals surface area contributed by atoms with Crippen LogP contribution in [0.2, 0.25) is 0 Å². The average molecular weight is 191 g/mol. The first-order valence-electron chi connectivity index (χ1n) is 4.68. The lowest BCUT2D eigenvalue weighted by molar-refractivity contribution is 0.937. The maximum atomic E-state index is 4.22. The summed E-state index contributed by atoms with van der Waals surface area (Å²) in [6.07, 6.45) is 8.35. The summed E-state index contributed by atoms with van der Waals surface area (Å²) in [5, 5.41) is 9.91. The molecule has 0 atom stereocenters. The fourth-order valence-corrected chi connectivity index (χ4v) is 1.26. The molecular weight excluding hydrogens is 178 g/mol. The molecule has 0 aliphatic carbocycles. The summed E-state index contributed by atoms with van der Waals surface area (Å²) < 4.78 is 1.96. The van der Waals surface area contributed by atoms with Crippen LogP contribution in [-0.4, -0.2) is 26.3 Å². The lowest BCUT2D eigenvalue weighted by atomic mass is 10.5. The van der Waals surface area contributed by atoms with E-state index in [1.807, 2.05) is 17.0 Å². The third kappa shape index (κ3) is 1.61. The molecular formula is C9H13N5. The first-order chi connectivity index (χ1) is 6.92. The standard InChI is InChI=1S/C9H13N5/c1-2-3-10-9-11-4-5-14(9)8-6-12-13-7-8/h4-7H,2-3H2,1H3,(H,10,11)(H,12,13). The second-order valence-corrected chi connectivity index (χ2v) is 3.00. The molecule has 0 saturated carbocycles. The van der Waals surface area contributed by atoms with Crippen molar-refractivity contribution in [3.8, 4) is 5.69 Å². The predicted octanol–water partition coefficient (Wildman–Crippen LogP) is 1.42. The normalized spacial score (nSPS) is 10.4. The number of hydrogen-bond acceptors (Lipinski definition) is 3. The Bertz CT molecular complexity index is 376. The molecule has 2 rings (SSSR count). The van der Waals surface area contributed by atoms with Gasteiger partial charge in [0.05, 0.1) is 11.9 Å². The van der Waals surface area contributed by atoms with Gasteiger partial charge in [0.25, 0.3) is 0 Å². The van der Waals surface area contributed by atoms with Crippen LogP contribution in [0.1, 0.15) is 13.3 Å². The van der Waals surface area contributed by atoms with Crippen molar-refractivity contribution < 1.29 is 0 Å². The number of H-pyrrole nitrogens is 1. The second-order valence-electron chi connectivity index (χ2n) is 3.00. The molecule has 2 heterocycles. The van der Waals surface area contributed by atoms with E-state index >= 15 is 0 Å². The number of nitrogens with one attached hydrogen (secondary N) is 2. The van der Waals surface area contributed by atoms with Crippen molar-refractivity contribution in [3.05, 3.63) is 24.8 Å². The third-order valence-electron chi connectivity index (χ3n) is 1.94. The van der Waals surface area contributed by atoms with Gasteiger partial charge in [-0.2, -0.15) is 5.10 Å². The fraction of sp³-hybridized carbons (Fsp3) is 0.333. The minimum absolute atomic E-state index is 0.855. The molecule has 0 bridgehead atoms. The topological polar surface area (TPSA) is 58.5 Å². The van der Waals surface area contributed by atoms with Crippen molar-refractivity contribution in [2.75, 3.05) is 11.9 Å². The van der Waals surface area contributed by atoms with E-state index in [4.69, 9.17) is 0 Å². The Morgan fingerprint density at radius 1 is 1.57 bits per heavy atom. The molecule has 5 nitrogen and oxygen atoms in total. The van der Waals surface area contributed by atoms with E-state index in [1.165, 1.54) is 0 Å². The summed E-state index contributed by atoms with van der Waals surface area (Å²) >= 11 is 0. The molecule has 0 amide bonds. The highest BCUT2D eigenvalue weighted by molar-refractivity contribution is 5.38. The molecule has 0 spiro atoms. The Kier molecular flexibility index (Phi) is 2.48. The average Bonchev–Trinajstić information content (AvgIpc) is 2.84. The van der Waals surface area contributed by atoms with Crippen molar-refractivity contribution in [2.45, 2.75) is 13.3 Å². The van der Waals surface area contributed by atoms with Gasteiger partial charge in [-0.3, -0.25) is 9.67 Å². The van der Waals surface area contributed by atoms with Gasteiger partial charge in [0.1, 0.15) is 0 Å². The van der Waals surface area contributed by atoms with Crippen LogP contribution < -0.4 is 5.32 Å². The largest absolute Gasteiger partial charge is 0.355 e. The predicted molar refractivity (Wildman–Crippen MR) is 54.5 cm³/mol. The molecule has 74 valence electrons. The molecule has 2 aromatic heterocycles. The van der Waals surface area contributed by atoms with Crippen molar-refractivity contribution >= 4 is 5.95 Å². The third-order valence-corrected chi connectivity index (χ3v) is 1.94. The van der Waals surface area contributed by atoms with Crippen LogP contribution in [0.4, 0.5) is 5.95 Å². The van der Waals surface area contributed by atoms with Gasteiger partial charge in [0, 0.05) is 25.1 Å². The van der Waals surface area contributed by atoms with E-state index in [0.29, 0.717) is 0 Å². The number of imidazole rings is 1. The van der Waals surface area contributed by atoms with Crippen molar-refractivity contribution in [3.63, 3.8) is 0 Å². The molecule has 0 saturated heterocycles. The first kappa shape index (κ1) is 8.80. The number of aromatic nitrogens is 4. The van der Waals surface area contributed by atoms with Gasteiger partial charge in [-0.25, -0.2) is 4.98 Å². The Hall–Kier alpha value is -1.78. The second kappa shape index (κ2) is 3.95. The van der Waals surface area contributed by atoms with E-state index in [1.54, 1.807) is 12.4 Å². The summed E-state index contributed by atoms with van der Waals surface area (Å²) in [5.41, 5.74) is 0.987. The maximum absolute atomic E-state index is 4.22. The smallest absolute Gasteiger partial charge is 0.207 e. The van der Waals surface area contributed by atoms with Gasteiger partial charge in [0.15, 0.2) is 0 Å². The summed E-state index contributed by atoms with van der Waals surface area (Å²) in [7, 11) is 0. The van der Waals surface area contributed by atoms with Crippen molar-refractivity contribution in [1.29, 1.82) is 0 Å². The molecule has 0 unspecified atom stereocenters. The van der Waals surface area contributed by atoms with Crippen LogP contribution >= 0.6 is 0 Å². The fourth-order valence-electron chi connectivity index (χ4n) is 1.26. The molecule has 0 aliphatic rings.